The molecule has 29 heavy (non-hydrogen) atoms. The summed E-state index contributed by atoms with van der Waals surface area (Å²) in [7, 11) is 4.98. The van der Waals surface area contributed by atoms with Crippen LogP contribution in [0.4, 0.5) is 11.4 Å². The summed E-state index contributed by atoms with van der Waals surface area (Å²) in [5, 5.41) is 0.382. The largest absolute Gasteiger partial charge is 0.497 e. The van der Waals surface area contributed by atoms with Crippen molar-refractivity contribution in [1.29, 1.82) is 0 Å². The Morgan fingerprint density at radius 2 is 1.72 bits per heavy atom. The first-order valence-corrected chi connectivity index (χ1v) is 9.71. The number of hydrogen-bond donors (Lipinski definition) is 0. The van der Waals surface area contributed by atoms with Crippen LogP contribution in [0.2, 0.25) is 5.02 Å². The smallest absolute Gasteiger partial charge is 0.340 e. The highest BCUT2D eigenvalue weighted by atomic mass is 35.5. The lowest BCUT2D eigenvalue weighted by atomic mass is 10.1. The van der Waals surface area contributed by atoms with E-state index >= 15 is 0 Å². The summed E-state index contributed by atoms with van der Waals surface area (Å²) in [6.07, 6.45) is -0.000740. The molecule has 0 N–H and O–H groups in total. The fourth-order valence-electron chi connectivity index (χ4n) is 2.62. The summed E-state index contributed by atoms with van der Waals surface area (Å²) in [5.41, 5.74) is 1.47. The first-order valence-electron chi connectivity index (χ1n) is 8.92. The van der Waals surface area contributed by atoms with Gasteiger partial charge < -0.3 is 19.3 Å². The number of ether oxygens (including phenoxy) is 2. The SMILES string of the molecule is CCOC(=O)c1cc(Cl)ccc1N(C)C(=O)CC(=S)N(C)c1ccc(OC)cc1. The van der Waals surface area contributed by atoms with Crippen molar-refractivity contribution in [2.45, 2.75) is 13.3 Å². The van der Waals surface area contributed by atoms with E-state index in [-0.39, 0.29) is 24.5 Å². The van der Waals surface area contributed by atoms with E-state index in [2.05, 4.69) is 0 Å². The second-order valence-corrected chi connectivity index (χ2v) is 7.07. The maximum absolute atomic E-state index is 12.8. The van der Waals surface area contributed by atoms with Gasteiger partial charge in [0.15, 0.2) is 0 Å². The highest BCUT2D eigenvalue weighted by Crippen LogP contribution is 2.26. The zero-order chi connectivity index (χ0) is 21.6. The lowest BCUT2D eigenvalue weighted by molar-refractivity contribution is -0.117. The maximum Gasteiger partial charge on any atom is 0.340 e. The van der Waals surface area contributed by atoms with Crippen LogP contribution in [0, 0.1) is 0 Å². The molecule has 0 unspecified atom stereocenters. The molecule has 0 fully saturated rings. The summed E-state index contributed by atoms with van der Waals surface area (Å²) >= 11 is 11.5. The molecule has 0 saturated heterocycles. The van der Waals surface area contributed by atoms with Gasteiger partial charge in [0.1, 0.15) is 5.75 Å². The van der Waals surface area contributed by atoms with Crippen LogP contribution in [0.25, 0.3) is 0 Å². The molecule has 1 amide bonds. The molecule has 0 aliphatic rings. The Morgan fingerprint density at radius 3 is 2.31 bits per heavy atom. The predicted octanol–water partition coefficient (Wildman–Crippen LogP) is 4.34. The summed E-state index contributed by atoms with van der Waals surface area (Å²) in [5.74, 6) is -0.0658. The van der Waals surface area contributed by atoms with Crippen molar-refractivity contribution in [3.63, 3.8) is 0 Å². The number of amides is 1. The van der Waals surface area contributed by atoms with E-state index in [0.29, 0.717) is 15.7 Å². The predicted molar refractivity (Wildman–Crippen MR) is 119 cm³/mol. The van der Waals surface area contributed by atoms with E-state index in [4.69, 9.17) is 33.3 Å². The average Bonchev–Trinajstić information content (AvgIpc) is 2.72. The molecule has 0 aliphatic heterocycles. The first kappa shape index (κ1) is 22.6. The van der Waals surface area contributed by atoms with Gasteiger partial charge in [-0.3, -0.25) is 4.79 Å². The Hall–Kier alpha value is -2.64. The third kappa shape index (κ3) is 5.68. The van der Waals surface area contributed by atoms with Crippen LogP contribution in [0.15, 0.2) is 42.5 Å². The maximum atomic E-state index is 12.8. The van der Waals surface area contributed by atoms with Crippen LogP contribution in [-0.4, -0.2) is 44.7 Å². The van der Waals surface area contributed by atoms with Crippen LogP contribution < -0.4 is 14.5 Å². The summed E-state index contributed by atoms with van der Waals surface area (Å²) in [6, 6.07) is 12.1. The van der Waals surface area contributed by atoms with Gasteiger partial charge in [-0.2, -0.15) is 0 Å². The Bertz CT molecular complexity index is 902. The highest BCUT2D eigenvalue weighted by molar-refractivity contribution is 7.80. The number of carbonyl (C=O) groups excluding carboxylic acids is 2. The number of nitrogens with zero attached hydrogens (tertiary/aromatic N) is 2. The van der Waals surface area contributed by atoms with E-state index in [1.54, 1.807) is 45.2 Å². The Morgan fingerprint density at radius 1 is 1.07 bits per heavy atom. The molecule has 0 heterocycles. The number of esters is 1. The third-order valence-electron chi connectivity index (χ3n) is 4.33. The van der Waals surface area contributed by atoms with Crippen molar-refractivity contribution < 1.29 is 19.1 Å². The zero-order valence-electron chi connectivity index (χ0n) is 16.8. The molecular weight excluding hydrogens is 412 g/mol. The van der Waals surface area contributed by atoms with Crippen molar-refractivity contribution in [3.8, 4) is 5.75 Å². The van der Waals surface area contributed by atoms with Gasteiger partial charge in [0.05, 0.1) is 36.4 Å². The number of rotatable bonds is 7. The van der Waals surface area contributed by atoms with Crippen molar-refractivity contribution >= 4 is 52.1 Å². The van der Waals surface area contributed by atoms with Gasteiger partial charge >= 0.3 is 5.97 Å². The van der Waals surface area contributed by atoms with E-state index in [1.165, 1.54) is 11.0 Å². The topological polar surface area (TPSA) is 59.1 Å². The molecule has 2 aromatic carbocycles. The van der Waals surface area contributed by atoms with Crippen LogP contribution in [-0.2, 0) is 9.53 Å². The first-order chi connectivity index (χ1) is 13.8. The molecule has 2 rings (SSSR count). The fraction of sp³-hybridized carbons (Fsp3) is 0.286. The van der Waals surface area contributed by atoms with Gasteiger partial charge in [-0.1, -0.05) is 23.8 Å². The normalized spacial score (nSPS) is 10.2. The van der Waals surface area contributed by atoms with Crippen molar-refractivity contribution in [2.75, 3.05) is 37.6 Å². The van der Waals surface area contributed by atoms with Gasteiger partial charge in [0.2, 0.25) is 5.91 Å². The molecule has 2 aromatic rings. The molecule has 0 bridgehead atoms. The van der Waals surface area contributed by atoms with Crippen LogP contribution >= 0.6 is 23.8 Å². The third-order valence-corrected chi connectivity index (χ3v) is 4.98. The van der Waals surface area contributed by atoms with Gasteiger partial charge in [0, 0.05) is 24.8 Å². The van der Waals surface area contributed by atoms with Gasteiger partial charge in [-0.05, 0) is 49.4 Å². The molecule has 0 spiro atoms. The summed E-state index contributed by atoms with van der Waals surface area (Å²) in [6.45, 7) is 1.93. The molecule has 8 heteroatoms. The van der Waals surface area contributed by atoms with Gasteiger partial charge in [-0.15, -0.1) is 0 Å². The molecule has 0 aromatic heterocycles. The minimum atomic E-state index is -0.539. The molecule has 154 valence electrons. The van der Waals surface area contributed by atoms with Crippen LogP contribution in [0.5, 0.6) is 5.75 Å². The van der Waals surface area contributed by atoms with E-state index in [9.17, 15) is 9.59 Å². The van der Waals surface area contributed by atoms with Crippen LogP contribution in [0.3, 0.4) is 0 Å². The van der Waals surface area contributed by atoms with E-state index < -0.39 is 5.97 Å². The monoisotopic (exact) mass is 434 g/mol. The highest BCUT2D eigenvalue weighted by Gasteiger charge is 2.22. The van der Waals surface area contributed by atoms with E-state index in [1.807, 2.05) is 24.3 Å². The Balaban J connectivity index is 2.15. The minimum absolute atomic E-state index is 0.000740. The number of thiocarbonyl (C=S) groups is 1. The molecule has 0 aliphatic carbocycles. The fourth-order valence-corrected chi connectivity index (χ4v) is 3.02. The summed E-state index contributed by atoms with van der Waals surface area (Å²) < 4.78 is 10.2. The molecule has 6 nitrogen and oxygen atoms in total. The number of halogens is 1. The van der Waals surface area contributed by atoms with Crippen LogP contribution in [0.1, 0.15) is 23.7 Å². The second-order valence-electron chi connectivity index (χ2n) is 6.16. The quantitative estimate of drug-likeness (QED) is 0.477. The number of benzene rings is 2. The zero-order valence-corrected chi connectivity index (χ0v) is 18.3. The van der Waals surface area contributed by atoms with Gasteiger partial charge in [0.25, 0.3) is 0 Å². The van der Waals surface area contributed by atoms with Crippen molar-refractivity contribution in [2.24, 2.45) is 0 Å². The second kappa shape index (κ2) is 10.2. The number of hydrogen-bond acceptors (Lipinski definition) is 5. The van der Waals surface area contributed by atoms with Crippen molar-refractivity contribution in [1.82, 2.24) is 0 Å². The number of anilines is 2. The molecule has 0 saturated carbocycles. The Kier molecular flexibility index (Phi) is 7.99. The lowest BCUT2D eigenvalue weighted by Crippen LogP contribution is -2.34. The average molecular weight is 435 g/mol. The molecular formula is C21H23ClN2O4S. The standard InChI is InChI=1S/C21H23ClN2O4S/c1-5-28-21(26)17-12-14(22)6-11-18(17)24(3)19(25)13-20(29)23(2)15-7-9-16(27-4)10-8-15/h6-12H,5,13H2,1-4H3. The number of carbonyl (C=O) groups is 2. The minimum Gasteiger partial charge on any atom is -0.497 e. The molecule has 0 atom stereocenters. The molecule has 0 radical (unpaired) electrons. The lowest BCUT2D eigenvalue weighted by Gasteiger charge is -2.24. The Labute approximate surface area is 181 Å². The van der Waals surface area contributed by atoms with Crippen molar-refractivity contribution in [3.05, 3.63) is 53.1 Å². The number of methoxy groups -OCH3 is 1. The van der Waals surface area contributed by atoms with Gasteiger partial charge in [-0.25, -0.2) is 4.79 Å². The summed E-state index contributed by atoms with van der Waals surface area (Å²) in [4.78, 5) is 28.7. The van der Waals surface area contributed by atoms with E-state index in [0.717, 1.165) is 11.4 Å².